The van der Waals surface area contributed by atoms with Crippen LogP contribution in [-0.4, -0.2) is 14.6 Å². The van der Waals surface area contributed by atoms with E-state index in [0.29, 0.717) is 4.47 Å². The molecular formula is C8H5BrF3N3O2S. The van der Waals surface area contributed by atoms with Gasteiger partial charge in [-0.15, -0.1) is 0 Å². The third-order valence-electron chi connectivity index (χ3n) is 1.84. The van der Waals surface area contributed by atoms with Gasteiger partial charge in [-0.3, -0.25) is 0 Å². The summed E-state index contributed by atoms with van der Waals surface area (Å²) in [5, 5.41) is 0. The Hall–Kier alpha value is -1.25. The van der Waals surface area contributed by atoms with Gasteiger partial charge in [0.1, 0.15) is 0 Å². The van der Waals surface area contributed by atoms with E-state index in [4.69, 9.17) is 5.53 Å². The van der Waals surface area contributed by atoms with Crippen LogP contribution in [0.2, 0.25) is 0 Å². The van der Waals surface area contributed by atoms with Crippen molar-refractivity contribution in [3.8, 4) is 0 Å². The summed E-state index contributed by atoms with van der Waals surface area (Å²) in [7, 11) is -4.44. The van der Waals surface area contributed by atoms with Crippen molar-refractivity contribution in [1.29, 1.82) is 0 Å². The van der Waals surface area contributed by atoms with Crippen molar-refractivity contribution >= 4 is 26.0 Å². The van der Waals surface area contributed by atoms with E-state index in [2.05, 4.69) is 25.4 Å². The normalized spacial score (nSPS) is 12.0. The molecule has 0 N–H and O–H groups in total. The van der Waals surface area contributed by atoms with Gasteiger partial charge in [-0.25, -0.2) is 8.42 Å². The van der Waals surface area contributed by atoms with Crippen LogP contribution in [-0.2, 0) is 16.4 Å². The first-order valence-electron chi connectivity index (χ1n) is 4.32. The first kappa shape index (κ1) is 14.8. The van der Waals surface area contributed by atoms with E-state index in [1.165, 1.54) is 6.07 Å². The monoisotopic (exact) mass is 343 g/mol. The fourth-order valence-electron chi connectivity index (χ4n) is 1.25. The van der Waals surface area contributed by atoms with Crippen molar-refractivity contribution in [2.75, 3.05) is 0 Å². The molecule has 1 aromatic rings. The Labute approximate surface area is 108 Å². The number of benzene rings is 1. The maximum Gasteiger partial charge on any atom is 0.393 e. The molecule has 0 aliphatic carbocycles. The molecule has 0 atom stereocenters. The summed E-state index contributed by atoms with van der Waals surface area (Å²) in [5.74, 6) is 0. The molecule has 1 rings (SSSR count). The van der Waals surface area contributed by atoms with Gasteiger partial charge in [0.25, 0.3) is 10.0 Å². The number of hydrogen-bond acceptors (Lipinski definition) is 2. The Morgan fingerprint density at radius 1 is 1.39 bits per heavy atom. The Morgan fingerprint density at radius 3 is 2.50 bits per heavy atom. The number of nitrogens with zero attached hydrogens (tertiary/aromatic N) is 3. The predicted molar refractivity (Wildman–Crippen MR) is 60.2 cm³/mol. The number of alkyl halides is 3. The van der Waals surface area contributed by atoms with Gasteiger partial charge in [0, 0.05) is 13.9 Å². The van der Waals surface area contributed by atoms with Crippen LogP contribution in [0.15, 0.2) is 32.1 Å². The Balaban J connectivity index is 3.41. The van der Waals surface area contributed by atoms with E-state index in [0.717, 1.165) is 12.1 Å². The smallest absolute Gasteiger partial charge is 0.216 e. The number of azide groups is 1. The molecule has 18 heavy (non-hydrogen) atoms. The summed E-state index contributed by atoms with van der Waals surface area (Å²) in [6.45, 7) is 0. The van der Waals surface area contributed by atoms with Gasteiger partial charge in [0.2, 0.25) is 0 Å². The standard InChI is InChI=1S/C8H5BrF3N3O2S/c9-6-1-2-7(18(16,17)15-14-13)5(3-6)4-8(10,11)12/h1-3H,4H2. The van der Waals surface area contributed by atoms with E-state index in [1.807, 2.05) is 0 Å². The maximum atomic E-state index is 12.3. The van der Waals surface area contributed by atoms with E-state index < -0.39 is 33.1 Å². The van der Waals surface area contributed by atoms with Crippen LogP contribution in [0.25, 0.3) is 10.4 Å². The summed E-state index contributed by atoms with van der Waals surface area (Å²) >= 11 is 2.94. The zero-order chi connectivity index (χ0) is 14.0. The molecule has 0 radical (unpaired) electrons. The van der Waals surface area contributed by atoms with Crippen LogP contribution in [0, 0.1) is 0 Å². The van der Waals surface area contributed by atoms with Crippen molar-refractivity contribution in [2.24, 2.45) is 4.52 Å². The lowest BCUT2D eigenvalue weighted by Gasteiger charge is -2.10. The molecule has 98 valence electrons. The average molecular weight is 344 g/mol. The molecule has 0 aliphatic rings. The topological polar surface area (TPSA) is 82.9 Å². The van der Waals surface area contributed by atoms with Crippen LogP contribution >= 0.6 is 15.9 Å². The predicted octanol–water partition coefficient (Wildman–Crippen LogP) is 3.55. The van der Waals surface area contributed by atoms with Crippen molar-refractivity contribution in [3.63, 3.8) is 0 Å². The molecule has 0 unspecified atom stereocenters. The van der Waals surface area contributed by atoms with Gasteiger partial charge >= 0.3 is 6.18 Å². The third-order valence-corrected chi connectivity index (χ3v) is 3.57. The Kier molecular flexibility index (Phi) is 4.25. The number of halogens is 4. The quantitative estimate of drug-likeness (QED) is 0.477. The van der Waals surface area contributed by atoms with E-state index in [1.54, 1.807) is 0 Å². The van der Waals surface area contributed by atoms with Gasteiger partial charge in [0.05, 0.1) is 11.3 Å². The fraction of sp³-hybridized carbons (Fsp3) is 0.250. The zero-order valence-electron chi connectivity index (χ0n) is 8.52. The molecule has 0 fully saturated rings. The number of rotatable bonds is 3. The van der Waals surface area contributed by atoms with Crippen molar-refractivity contribution in [2.45, 2.75) is 17.5 Å². The molecule has 0 amide bonds. The van der Waals surface area contributed by atoms with Gasteiger partial charge in [-0.05, 0) is 29.3 Å². The summed E-state index contributed by atoms with van der Waals surface area (Å²) in [6, 6.07) is 3.22. The van der Waals surface area contributed by atoms with Crippen molar-refractivity contribution in [3.05, 3.63) is 38.7 Å². The van der Waals surface area contributed by atoms with Gasteiger partial charge in [-0.2, -0.15) is 13.2 Å². The first-order chi connectivity index (χ1) is 8.15. The van der Waals surface area contributed by atoms with Crippen molar-refractivity contribution < 1.29 is 21.6 Å². The van der Waals surface area contributed by atoms with Gasteiger partial charge < -0.3 is 0 Å². The minimum atomic E-state index is -4.57. The number of hydrogen-bond donors (Lipinski definition) is 0. The highest BCUT2D eigenvalue weighted by molar-refractivity contribution is 9.10. The zero-order valence-corrected chi connectivity index (χ0v) is 10.9. The lowest BCUT2D eigenvalue weighted by atomic mass is 10.1. The minimum Gasteiger partial charge on any atom is -0.216 e. The second-order valence-electron chi connectivity index (χ2n) is 3.19. The highest BCUT2D eigenvalue weighted by Crippen LogP contribution is 2.29. The molecule has 0 saturated carbocycles. The molecule has 0 heterocycles. The lowest BCUT2D eigenvalue weighted by molar-refractivity contribution is -0.127. The molecule has 0 aliphatic heterocycles. The molecule has 0 spiro atoms. The first-order valence-corrected chi connectivity index (χ1v) is 6.55. The lowest BCUT2D eigenvalue weighted by Crippen LogP contribution is -2.14. The molecule has 1 aromatic carbocycles. The summed E-state index contributed by atoms with van der Waals surface area (Å²) in [5.41, 5.74) is 7.61. The Morgan fingerprint density at radius 2 is 2.00 bits per heavy atom. The largest absolute Gasteiger partial charge is 0.393 e. The molecular weight excluding hydrogens is 339 g/mol. The molecule has 0 aromatic heterocycles. The summed E-state index contributed by atoms with van der Waals surface area (Å²) in [4.78, 5) is 1.44. The van der Waals surface area contributed by atoms with Gasteiger partial charge in [-0.1, -0.05) is 15.9 Å². The molecule has 10 heteroatoms. The van der Waals surface area contributed by atoms with E-state index >= 15 is 0 Å². The molecule has 0 bridgehead atoms. The van der Waals surface area contributed by atoms with Crippen molar-refractivity contribution in [1.82, 2.24) is 0 Å². The second-order valence-corrected chi connectivity index (χ2v) is 5.66. The maximum absolute atomic E-state index is 12.3. The van der Waals surface area contributed by atoms with E-state index in [9.17, 15) is 21.6 Å². The second kappa shape index (κ2) is 5.17. The minimum absolute atomic E-state index is 0.293. The number of sulfonamides is 1. The van der Waals surface area contributed by atoms with Gasteiger partial charge in [0.15, 0.2) is 0 Å². The fourth-order valence-corrected chi connectivity index (χ4v) is 2.54. The highest BCUT2D eigenvalue weighted by atomic mass is 79.9. The van der Waals surface area contributed by atoms with Crippen LogP contribution in [0.4, 0.5) is 13.2 Å². The summed E-state index contributed by atoms with van der Waals surface area (Å²) < 4.78 is 62.6. The Bertz CT molecular complexity index is 609. The van der Waals surface area contributed by atoms with Crippen LogP contribution in [0.3, 0.4) is 0 Å². The van der Waals surface area contributed by atoms with E-state index in [-0.39, 0.29) is 0 Å². The average Bonchev–Trinajstić information content (AvgIpc) is 2.13. The molecule has 0 saturated heterocycles. The van der Waals surface area contributed by atoms with Crippen LogP contribution < -0.4 is 0 Å². The van der Waals surface area contributed by atoms with Crippen LogP contribution in [0.1, 0.15) is 5.56 Å². The third kappa shape index (κ3) is 3.90. The highest BCUT2D eigenvalue weighted by Gasteiger charge is 2.31. The molecule has 5 nitrogen and oxygen atoms in total. The summed E-state index contributed by atoms with van der Waals surface area (Å²) in [6.07, 6.45) is -6.00. The SMILES string of the molecule is [N-]=[N+]=NS(=O)(=O)c1ccc(Br)cc1CC(F)(F)F. The van der Waals surface area contributed by atoms with Crippen LogP contribution in [0.5, 0.6) is 0 Å².